The number of ketones is 1. The number of thiazole rings is 1. The van der Waals surface area contributed by atoms with Gasteiger partial charge in [-0.2, -0.15) is 0 Å². The molecule has 1 atom stereocenters. The van der Waals surface area contributed by atoms with E-state index < -0.39 is 0 Å². The lowest BCUT2D eigenvalue weighted by molar-refractivity contribution is -0.118. The second kappa shape index (κ2) is 6.43. The minimum Gasteiger partial charge on any atom is -0.300 e. The number of likely N-dealkylation sites (tertiary alicyclic amines) is 1. The molecule has 0 amide bonds. The second-order valence-electron chi connectivity index (χ2n) is 5.20. The van der Waals surface area contributed by atoms with E-state index in [1.807, 2.05) is 5.51 Å². The molecule has 1 aromatic rings. The minimum absolute atomic E-state index is 0.320. The standard InChI is InChI=1S/C14H22N2OS/c1-11(17)9-13-5-3-4-7-16(13)8-6-14-12(2)15-10-18-14/h10,13H,3-9H2,1-2H3. The molecule has 0 aliphatic carbocycles. The summed E-state index contributed by atoms with van der Waals surface area (Å²) in [7, 11) is 0. The summed E-state index contributed by atoms with van der Waals surface area (Å²) in [5.41, 5.74) is 3.09. The second-order valence-corrected chi connectivity index (χ2v) is 6.14. The first-order valence-electron chi connectivity index (χ1n) is 6.79. The van der Waals surface area contributed by atoms with Crippen molar-refractivity contribution in [3.05, 3.63) is 16.1 Å². The van der Waals surface area contributed by atoms with Crippen LogP contribution in [0.4, 0.5) is 0 Å². The van der Waals surface area contributed by atoms with Crippen LogP contribution in [0.5, 0.6) is 0 Å². The molecule has 2 heterocycles. The zero-order chi connectivity index (χ0) is 13.0. The highest BCUT2D eigenvalue weighted by Crippen LogP contribution is 2.21. The van der Waals surface area contributed by atoms with Gasteiger partial charge in [-0.1, -0.05) is 6.42 Å². The Labute approximate surface area is 113 Å². The largest absolute Gasteiger partial charge is 0.300 e. The topological polar surface area (TPSA) is 33.2 Å². The number of carbonyl (C=O) groups excluding carboxylic acids is 1. The van der Waals surface area contributed by atoms with Crippen molar-refractivity contribution in [3.8, 4) is 0 Å². The first kappa shape index (κ1) is 13.7. The van der Waals surface area contributed by atoms with Gasteiger partial charge >= 0.3 is 0 Å². The minimum atomic E-state index is 0.320. The van der Waals surface area contributed by atoms with Crippen LogP contribution in [0.25, 0.3) is 0 Å². The normalized spacial score (nSPS) is 21.1. The molecule has 100 valence electrons. The third-order valence-corrected chi connectivity index (χ3v) is 4.74. The fourth-order valence-electron chi connectivity index (χ4n) is 2.73. The average molecular weight is 266 g/mol. The summed E-state index contributed by atoms with van der Waals surface area (Å²) in [6, 6.07) is 0.476. The van der Waals surface area contributed by atoms with E-state index in [9.17, 15) is 4.79 Å². The van der Waals surface area contributed by atoms with Gasteiger partial charge in [0.1, 0.15) is 5.78 Å². The Hall–Kier alpha value is -0.740. The molecule has 1 aliphatic heterocycles. The smallest absolute Gasteiger partial charge is 0.131 e. The predicted molar refractivity (Wildman–Crippen MR) is 75.1 cm³/mol. The summed E-state index contributed by atoms with van der Waals surface area (Å²) < 4.78 is 0. The van der Waals surface area contributed by atoms with E-state index in [2.05, 4.69) is 16.8 Å². The molecule has 2 rings (SSSR count). The molecule has 0 radical (unpaired) electrons. The molecule has 1 saturated heterocycles. The summed E-state index contributed by atoms with van der Waals surface area (Å²) in [5, 5.41) is 0. The Bertz CT molecular complexity index is 402. The van der Waals surface area contributed by atoms with Gasteiger partial charge in [0.2, 0.25) is 0 Å². The lowest BCUT2D eigenvalue weighted by Gasteiger charge is -2.35. The molecule has 3 nitrogen and oxygen atoms in total. The van der Waals surface area contributed by atoms with Crippen molar-refractivity contribution in [3.63, 3.8) is 0 Å². The predicted octanol–water partition coefficient (Wildman–Crippen LogP) is 2.83. The van der Waals surface area contributed by atoms with Gasteiger partial charge < -0.3 is 0 Å². The molecule has 18 heavy (non-hydrogen) atoms. The van der Waals surface area contributed by atoms with Crippen molar-refractivity contribution in [2.24, 2.45) is 0 Å². The highest BCUT2D eigenvalue weighted by molar-refractivity contribution is 7.09. The maximum Gasteiger partial charge on any atom is 0.131 e. The van der Waals surface area contributed by atoms with Crippen molar-refractivity contribution >= 4 is 17.1 Å². The fraction of sp³-hybridized carbons (Fsp3) is 0.714. The van der Waals surface area contributed by atoms with E-state index in [-0.39, 0.29) is 0 Å². The van der Waals surface area contributed by atoms with E-state index in [0.29, 0.717) is 11.8 Å². The molecule has 1 aliphatic rings. The number of hydrogen-bond acceptors (Lipinski definition) is 4. The zero-order valence-corrected chi connectivity index (χ0v) is 12.1. The number of aromatic nitrogens is 1. The van der Waals surface area contributed by atoms with E-state index >= 15 is 0 Å². The van der Waals surface area contributed by atoms with Gasteiger partial charge in [0.05, 0.1) is 11.2 Å². The fourth-order valence-corrected chi connectivity index (χ4v) is 3.50. The Balaban J connectivity index is 1.89. The van der Waals surface area contributed by atoms with E-state index in [1.54, 1.807) is 18.3 Å². The van der Waals surface area contributed by atoms with Crippen LogP contribution in [0.15, 0.2) is 5.51 Å². The van der Waals surface area contributed by atoms with Crippen LogP contribution in [-0.2, 0) is 11.2 Å². The third kappa shape index (κ3) is 3.62. The number of piperidine rings is 1. The van der Waals surface area contributed by atoms with Crippen LogP contribution >= 0.6 is 11.3 Å². The lowest BCUT2D eigenvalue weighted by atomic mass is 9.97. The number of nitrogens with zero attached hydrogens (tertiary/aromatic N) is 2. The van der Waals surface area contributed by atoms with Crippen LogP contribution < -0.4 is 0 Å². The highest BCUT2D eigenvalue weighted by atomic mass is 32.1. The van der Waals surface area contributed by atoms with Crippen molar-refractivity contribution in [2.75, 3.05) is 13.1 Å². The number of hydrogen-bond donors (Lipinski definition) is 0. The van der Waals surface area contributed by atoms with Crippen LogP contribution in [-0.4, -0.2) is 34.8 Å². The first-order valence-corrected chi connectivity index (χ1v) is 7.67. The molecule has 1 fully saturated rings. The molecule has 0 N–H and O–H groups in total. The molecule has 0 saturated carbocycles. The number of rotatable bonds is 5. The Kier molecular flexibility index (Phi) is 4.89. The van der Waals surface area contributed by atoms with Crippen LogP contribution in [0.3, 0.4) is 0 Å². The molecular formula is C14H22N2OS. The number of carbonyl (C=O) groups is 1. The van der Waals surface area contributed by atoms with Gasteiger partial charge in [-0.05, 0) is 39.7 Å². The van der Waals surface area contributed by atoms with E-state index in [0.717, 1.165) is 25.9 Å². The molecule has 0 bridgehead atoms. The van der Waals surface area contributed by atoms with Crippen molar-refractivity contribution in [2.45, 2.75) is 52.0 Å². The zero-order valence-electron chi connectivity index (χ0n) is 11.3. The first-order chi connectivity index (χ1) is 8.66. The van der Waals surface area contributed by atoms with E-state index in [4.69, 9.17) is 0 Å². The molecule has 4 heteroatoms. The summed E-state index contributed by atoms with van der Waals surface area (Å²) >= 11 is 1.75. The molecular weight excluding hydrogens is 244 g/mol. The average Bonchev–Trinajstić information content (AvgIpc) is 2.73. The maximum absolute atomic E-state index is 11.3. The van der Waals surface area contributed by atoms with Crippen molar-refractivity contribution in [1.82, 2.24) is 9.88 Å². The van der Waals surface area contributed by atoms with Crippen LogP contribution in [0.2, 0.25) is 0 Å². The maximum atomic E-state index is 11.3. The van der Waals surface area contributed by atoms with Crippen LogP contribution in [0, 0.1) is 6.92 Å². The van der Waals surface area contributed by atoms with Gasteiger partial charge in [-0.3, -0.25) is 9.69 Å². The van der Waals surface area contributed by atoms with E-state index in [1.165, 1.54) is 29.8 Å². The van der Waals surface area contributed by atoms with Gasteiger partial charge in [0.15, 0.2) is 0 Å². The molecule has 1 aromatic heterocycles. The summed E-state index contributed by atoms with van der Waals surface area (Å²) in [6.07, 6.45) is 5.53. The Morgan fingerprint density at radius 3 is 3.06 bits per heavy atom. The lowest BCUT2D eigenvalue weighted by Crippen LogP contribution is -2.41. The molecule has 0 aromatic carbocycles. The third-order valence-electron chi connectivity index (χ3n) is 3.74. The summed E-state index contributed by atoms with van der Waals surface area (Å²) in [4.78, 5) is 19.5. The van der Waals surface area contributed by atoms with Crippen molar-refractivity contribution < 1.29 is 4.79 Å². The van der Waals surface area contributed by atoms with Gasteiger partial charge in [0.25, 0.3) is 0 Å². The highest BCUT2D eigenvalue weighted by Gasteiger charge is 2.23. The SMILES string of the molecule is CC(=O)CC1CCCCN1CCc1scnc1C. The Morgan fingerprint density at radius 2 is 2.39 bits per heavy atom. The summed E-state index contributed by atoms with van der Waals surface area (Å²) in [6.45, 7) is 6.01. The number of Topliss-reactive ketones (excluding diaryl/α,β-unsaturated/α-hetero) is 1. The molecule has 0 spiro atoms. The number of aryl methyl sites for hydroxylation is 1. The van der Waals surface area contributed by atoms with Crippen LogP contribution in [0.1, 0.15) is 43.2 Å². The summed E-state index contributed by atoms with van der Waals surface area (Å²) in [5.74, 6) is 0.320. The molecule has 1 unspecified atom stereocenters. The van der Waals surface area contributed by atoms with Gasteiger partial charge in [-0.25, -0.2) is 4.98 Å². The van der Waals surface area contributed by atoms with Gasteiger partial charge in [-0.15, -0.1) is 11.3 Å². The quantitative estimate of drug-likeness (QED) is 0.821. The monoisotopic (exact) mass is 266 g/mol. The Morgan fingerprint density at radius 1 is 1.56 bits per heavy atom. The van der Waals surface area contributed by atoms with Crippen molar-refractivity contribution in [1.29, 1.82) is 0 Å². The van der Waals surface area contributed by atoms with Gasteiger partial charge in [0, 0.05) is 23.9 Å².